The van der Waals surface area contributed by atoms with E-state index in [-0.39, 0.29) is 32.2 Å². The van der Waals surface area contributed by atoms with Crippen LogP contribution in [0.25, 0.3) is 0 Å². The van der Waals surface area contributed by atoms with Crippen LogP contribution in [0.15, 0.2) is 0 Å². The molecule has 1 aliphatic carbocycles. The lowest BCUT2D eigenvalue weighted by Gasteiger charge is -2.47. The summed E-state index contributed by atoms with van der Waals surface area (Å²) < 4.78 is 36.0. The number of nitrogens with one attached hydrogen (secondary N) is 2. The highest BCUT2D eigenvalue weighted by molar-refractivity contribution is 5.02. The second-order valence-electron chi connectivity index (χ2n) is 12.6. The fourth-order valence-electron chi connectivity index (χ4n) is 6.40. The van der Waals surface area contributed by atoms with Crippen LogP contribution in [-0.2, 0) is 28.4 Å². The van der Waals surface area contributed by atoms with Crippen LogP contribution in [0.1, 0.15) is 19.3 Å². The zero-order valence-corrected chi connectivity index (χ0v) is 26.1. The maximum absolute atomic E-state index is 11.5. The molecule has 4 fully saturated rings. The van der Waals surface area contributed by atoms with Crippen molar-refractivity contribution in [2.24, 2.45) is 28.7 Å². The molecule has 19 heteroatoms. The van der Waals surface area contributed by atoms with Crippen LogP contribution in [0.4, 0.5) is 0 Å². The Hall–Kier alpha value is -0.760. The van der Waals surface area contributed by atoms with Crippen molar-refractivity contribution in [3.05, 3.63) is 0 Å². The summed E-state index contributed by atoms with van der Waals surface area (Å²) >= 11 is 0. The van der Waals surface area contributed by atoms with Gasteiger partial charge in [0.2, 0.25) is 0 Å². The van der Waals surface area contributed by atoms with E-state index >= 15 is 0 Å². The second kappa shape index (κ2) is 17.3. The van der Waals surface area contributed by atoms with Crippen molar-refractivity contribution in [2.75, 3.05) is 39.8 Å². The molecule has 4 rings (SSSR count). The fraction of sp³-hybridized carbons (Fsp3) is 1.00. The van der Waals surface area contributed by atoms with E-state index < -0.39 is 111 Å². The first kappa shape index (κ1) is 38.0. The molecule has 18 atom stereocenters. The third-order valence-corrected chi connectivity index (χ3v) is 9.16. The van der Waals surface area contributed by atoms with Gasteiger partial charge in [0.25, 0.3) is 0 Å². The molecule has 0 amide bonds. The van der Waals surface area contributed by atoms with Crippen molar-refractivity contribution >= 4 is 0 Å². The lowest BCUT2D eigenvalue weighted by atomic mass is 9.83. The molecule has 1 unspecified atom stereocenters. The number of hydrogen-bond donors (Lipinski definition) is 13. The number of aliphatic hydroxyl groups is 6. The van der Waals surface area contributed by atoms with Gasteiger partial charge in [0.05, 0.1) is 37.0 Å². The van der Waals surface area contributed by atoms with Crippen molar-refractivity contribution < 1.29 is 59.1 Å². The van der Waals surface area contributed by atoms with Crippen molar-refractivity contribution in [3.8, 4) is 0 Å². The molecular formula is C27H55N7O12. The molecule has 0 bridgehead atoms. The minimum absolute atomic E-state index is 0.000644. The molecular weight excluding hydrogens is 614 g/mol. The van der Waals surface area contributed by atoms with Gasteiger partial charge in [0.15, 0.2) is 18.9 Å². The van der Waals surface area contributed by atoms with Crippen LogP contribution < -0.4 is 39.3 Å². The first-order chi connectivity index (χ1) is 21.9. The largest absolute Gasteiger partial charge is 0.394 e. The lowest BCUT2D eigenvalue weighted by molar-refractivity contribution is -0.290. The summed E-state index contributed by atoms with van der Waals surface area (Å²) in [4.78, 5) is 0. The molecule has 270 valence electrons. The normalized spacial score (nSPS) is 47.6. The molecule has 4 aliphatic rings. The molecule has 3 aliphatic heterocycles. The summed E-state index contributed by atoms with van der Waals surface area (Å²) in [6, 6.07) is -3.10. The monoisotopic (exact) mass is 669 g/mol. The predicted octanol–water partition coefficient (Wildman–Crippen LogP) is -7.63. The number of rotatable bonds is 14. The topological polar surface area (TPSA) is 331 Å². The van der Waals surface area contributed by atoms with Crippen molar-refractivity contribution in [1.29, 1.82) is 0 Å². The van der Waals surface area contributed by atoms with Gasteiger partial charge in [-0.15, -0.1) is 0 Å². The molecule has 0 spiro atoms. The van der Waals surface area contributed by atoms with Crippen LogP contribution in [0.5, 0.6) is 0 Å². The Morgan fingerprint density at radius 2 is 1.46 bits per heavy atom. The zero-order chi connectivity index (χ0) is 33.7. The van der Waals surface area contributed by atoms with E-state index in [2.05, 4.69) is 10.6 Å². The van der Waals surface area contributed by atoms with Crippen molar-refractivity contribution in [2.45, 2.75) is 129 Å². The van der Waals surface area contributed by atoms with E-state index in [4.69, 9.17) is 57.1 Å². The van der Waals surface area contributed by atoms with Crippen LogP contribution >= 0.6 is 0 Å². The van der Waals surface area contributed by atoms with E-state index in [1.54, 1.807) is 7.05 Å². The predicted molar refractivity (Wildman–Crippen MR) is 159 cm³/mol. The first-order valence-corrected chi connectivity index (χ1v) is 15.9. The Labute approximate surface area is 267 Å². The number of hydrogen-bond acceptors (Lipinski definition) is 19. The minimum atomic E-state index is -1.56. The quantitative estimate of drug-likeness (QED) is 0.0816. The highest BCUT2D eigenvalue weighted by Crippen LogP contribution is 2.34. The van der Waals surface area contributed by atoms with Gasteiger partial charge in [-0.3, -0.25) is 0 Å². The zero-order valence-electron chi connectivity index (χ0n) is 26.1. The first-order valence-electron chi connectivity index (χ1n) is 15.9. The van der Waals surface area contributed by atoms with Gasteiger partial charge in [-0.2, -0.15) is 0 Å². The summed E-state index contributed by atoms with van der Waals surface area (Å²) in [7, 11) is 1.80. The Kier molecular flexibility index (Phi) is 14.3. The molecule has 3 saturated heterocycles. The van der Waals surface area contributed by atoms with E-state index in [9.17, 15) is 30.6 Å². The Morgan fingerprint density at radius 3 is 2.11 bits per heavy atom. The van der Waals surface area contributed by atoms with Crippen LogP contribution in [-0.4, -0.2) is 181 Å². The van der Waals surface area contributed by atoms with Crippen LogP contribution in [0.2, 0.25) is 0 Å². The van der Waals surface area contributed by atoms with Crippen LogP contribution in [0, 0.1) is 0 Å². The van der Waals surface area contributed by atoms with Gasteiger partial charge in [0.1, 0.15) is 48.8 Å². The molecule has 0 radical (unpaired) electrons. The number of ether oxygens (including phenoxy) is 6. The molecule has 46 heavy (non-hydrogen) atoms. The van der Waals surface area contributed by atoms with E-state index in [0.717, 1.165) is 6.42 Å². The molecule has 19 nitrogen and oxygen atoms in total. The van der Waals surface area contributed by atoms with E-state index in [0.29, 0.717) is 13.0 Å². The van der Waals surface area contributed by atoms with E-state index in [1.165, 1.54) is 0 Å². The van der Waals surface area contributed by atoms with E-state index in [1.807, 2.05) is 0 Å². The fourth-order valence-corrected chi connectivity index (χ4v) is 6.40. The average molecular weight is 670 g/mol. The van der Waals surface area contributed by atoms with Gasteiger partial charge in [-0.1, -0.05) is 0 Å². The third kappa shape index (κ3) is 8.69. The van der Waals surface area contributed by atoms with Gasteiger partial charge in [-0.25, -0.2) is 0 Å². The van der Waals surface area contributed by atoms with Gasteiger partial charge >= 0.3 is 0 Å². The molecule has 1 saturated carbocycles. The molecule has 0 aromatic rings. The van der Waals surface area contributed by atoms with Crippen molar-refractivity contribution in [3.63, 3.8) is 0 Å². The minimum Gasteiger partial charge on any atom is -0.394 e. The Balaban J connectivity index is 1.52. The van der Waals surface area contributed by atoms with Gasteiger partial charge in [0, 0.05) is 38.3 Å². The molecule has 0 aromatic heterocycles. The smallest absolute Gasteiger partial charge is 0.187 e. The van der Waals surface area contributed by atoms with Crippen LogP contribution in [0.3, 0.4) is 0 Å². The third-order valence-electron chi connectivity index (χ3n) is 9.16. The SMILES string of the molecule is CNC[C@@H]1CC[C@@H](N)[C@@H](O[C@H]2[C@H](O[C@@H]3O[C@H](CO)[C@@H](O[C@H]4O[C@@H](CN)[C@@H](O)[C@H](O)[C@H]4N)[C@H]3O)[C@@H](O)[C@H](NCC(O)CN)C[C@@H]2N)O1. The maximum atomic E-state index is 11.5. The number of aliphatic hydroxyl groups excluding tert-OH is 6. The lowest BCUT2D eigenvalue weighted by Crippen LogP contribution is -2.66. The number of nitrogens with two attached hydrogens (primary N) is 5. The molecule has 0 aromatic carbocycles. The summed E-state index contributed by atoms with van der Waals surface area (Å²) in [5.74, 6) is 0. The highest BCUT2D eigenvalue weighted by Gasteiger charge is 2.54. The summed E-state index contributed by atoms with van der Waals surface area (Å²) in [6.07, 6.45) is -14.4. The second-order valence-corrected chi connectivity index (χ2v) is 12.6. The summed E-state index contributed by atoms with van der Waals surface area (Å²) in [5.41, 5.74) is 30.2. The maximum Gasteiger partial charge on any atom is 0.187 e. The Bertz CT molecular complexity index is 919. The van der Waals surface area contributed by atoms with Crippen molar-refractivity contribution in [1.82, 2.24) is 10.6 Å². The number of likely N-dealkylation sites (N-methyl/N-ethyl adjacent to an activating group) is 1. The molecule has 18 N–H and O–H groups in total. The summed E-state index contributed by atoms with van der Waals surface area (Å²) in [5, 5.41) is 69.7. The summed E-state index contributed by atoms with van der Waals surface area (Å²) in [6.45, 7) is -0.111. The average Bonchev–Trinajstić information content (AvgIpc) is 3.34. The van der Waals surface area contributed by atoms with Gasteiger partial charge in [-0.05, 0) is 26.3 Å². The van der Waals surface area contributed by atoms with Gasteiger partial charge < -0.3 is 98.4 Å². The Morgan fingerprint density at radius 1 is 0.783 bits per heavy atom. The standard InChI is InChI=1S/C27H55N7O12/c1-33-8-11-2-3-12(30)25(41-11)44-22-13(31)4-14(34-7-10(36)5-28)18(37)24(22)46-27-21(40)23(16(9-35)43-27)45-26-17(32)20(39)19(38)15(6-29)42-26/h10-27,33-40H,2-9,28-32H2,1H3/t10?,11-,12+,13-,14+,15-,16+,17+,18-,19+,20+,21+,22+,23+,24+,25+,26+,27-/m0/s1. The highest BCUT2D eigenvalue weighted by atomic mass is 16.8. The molecule has 3 heterocycles.